The van der Waals surface area contributed by atoms with Gasteiger partial charge < -0.3 is 18.3 Å². The molecule has 0 atom stereocenters. The Kier molecular flexibility index (Phi) is 8.68. The average Bonchev–Trinajstić information content (AvgIpc) is 4.22. The second kappa shape index (κ2) is 16.4. The summed E-state index contributed by atoms with van der Waals surface area (Å²) >= 11 is 0. The fraction of sp³-hybridized carbons (Fsp3) is 0.0625. The van der Waals surface area contributed by atoms with Gasteiger partial charge in [-0.05, 0) is 97.4 Å². The summed E-state index contributed by atoms with van der Waals surface area (Å²) in [7, 11) is 0. The van der Waals surface area contributed by atoms with Gasteiger partial charge in [-0.25, -0.2) is 4.98 Å². The largest absolute Gasteiger partial charge is 0.510 e. The second-order valence-corrected chi connectivity index (χ2v) is 18.8. The van der Waals surface area contributed by atoms with Gasteiger partial charge in [-0.3, -0.25) is 4.57 Å². The molecule has 0 saturated heterocycles. The first-order valence-electron chi connectivity index (χ1n) is 25.8. The van der Waals surface area contributed by atoms with Crippen LogP contribution in [-0.4, -0.2) is 14.1 Å². The van der Waals surface area contributed by atoms with Crippen molar-refractivity contribution < 1.29 is 41.6 Å². The molecule has 5 heterocycles. The fourth-order valence-corrected chi connectivity index (χ4v) is 10.4. The zero-order valence-corrected chi connectivity index (χ0v) is 40.9. The first kappa shape index (κ1) is 37.6. The van der Waals surface area contributed by atoms with Gasteiger partial charge in [0.15, 0.2) is 0 Å². The summed E-state index contributed by atoms with van der Waals surface area (Å²) in [5.41, 5.74) is 13.4. The molecule has 0 bridgehead atoms. The Morgan fingerprint density at radius 2 is 1.32 bits per heavy atom. The van der Waals surface area contributed by atoms with Crippen molar-refractivity contribution in [3.05, 3.63) is 224 Å². The van der Waals surface area contributed by atoms with Gasteiger partial charge in [0.25, 0.3) is 6.33 Å². The van der Waals surface area contributed by atoms with E-state index < -0.39 is 18.1 Å². The molecule has 0 spiro atoms. The summed E-state index contributed by atoms with van der Waals surface area (Å²) in [6.07, 6.45) is 5.61. The van der Waals surface area contributed by atoms with Crippen LogP contribution in [0.2, 0.25) is 0 Å². The average molecular weight is 1100 g/mol. The van der Waals surface area contributed by atoms with Crippen molar-refractivity contribution in [2.45, 2.75) is 26.2 Å². The van der Waals surface area contributed by atoms with E-state index in [9.17, 15) is 0 Å². The predicted molar refractivity (Wildman–Crippen MR) is 281 cm³/mol. The third kappa shape index (κ3) is 6.81. The van der Waals surface area contributed by atoms with Crippen LogP contribution in [0.3, 0.4) is 0 Å². The van der Waals surface area contributed by atoms with E-state index in [1.54, 1.807) is 0 Å². The zero-order chi connectivity index (χ0) is 51.0. The molecule has 1 aliphatic heterocycles. The van der Waals surface area contributed by atoms with Gasteiger partial charge in [-0.2, -0.15) is 18.2 Å². The summed E-state index contributed by atoms with van der Waals surface area (Å²) in [6, 6.07) is 60.3. The number of rotatable bonds is 5. The van der Waals surface area contributed by atoms with Crippen molar-refractivity contribution in [3.8, 4) is 73.2 Å². The van der Waals surface area contributed by atoms with Crippen LogP contribution in [0, 0.1) is 18.5 Å². The van der Waals surface area contributed by atoms with Gasteiger partial charge in [-0.15, -0.1) is 29.7 Å². The first-order valence-corrected chi connectivity index (χ1v) is 23.3. The molecule has 0 radical (unpaired) electrons. The fourth-order valence-electron chi connectivity index (χ4n) is 10.4. The Hall–Kier alpha value is -8.31. The van der Waals surface area contributed by atoms with E-state index in [1.165, 1.54) is 5.56 Å². The van der Waals surface area contributed by atoms with Crippen molar-refractivity contribution >= 4 is 54.8 Å². The number of ether oxygens (including phenoxy) is 1. The number of nitrogens with zero attached hydrogens (tertiary/aromatic N) is 4. The molecule has 0 amide bonds. The van der Waals surface area contributed by atoms with Gasteiger partial charge >= 0.3 is 0 Å². The van der Waals surface area contributed by atoms with Crippen molar-refractivity contribution in [2.24, 2.45) is 0 Å². The number of pyridine rings is 1. The number of hydrogen-bond donors (Lipinski definition) is 0. The number of furan rings is 1. The number of hydrogen-bond acceptors (Lipinski definition) is 3. The molecule has 0 fully saturated rings. The Balaban J connectivity index is 0.00000553. The monoisotopic (exact) mass is 1100 g/mol. The molecule has 0 unspecified atom stereocenters. The van der Waals surface area contributed by atoms with Crippen LogP contribution in [0.25, 0.3) is 116 Å². The molecule has 342 valence electrons. The Morgan fingerprint density at radius 1 is 0.606 bits per heavy atom. The number of aromatic nitrogens is 4. The summed E-state index contributed by atoms with van der Waals surface area (Å²) in [4.78, 5) is 4.86. The van der Waals surface area contributed by atoms with Crippen LogP contribution in [0.4, 0.5) is 0 Å². The van der Waals surface area contributed by atoms with Gasteiger partial charge in [-0.1, -0.05) is 154 Å². The summed E-state index contributed by atoms with van der Waals surface area (Å²) in [5, 5.41) is 4.05. The van der Waals surface area contributed by atoms with E-state index in [2.05, 4.69) is 117 Å². The third-order valence-electron chi connectivity index (χ3n) is 13.6. The minimum absolute atomic E-state index is 0. The maximum Gasteiger partial charge on any atom is 0.268 e. The molecule has 0 aliphatic carbocycles. The van der Waals surface area contributed by atoms with E-state index >= 15 is 0 Å². The van der Waals surface area contributed by atoms with Crippen LogP contribution in [-0.2, 0) is 26.5 Å². The molecule has 6 nitrogen and oxygen atoms in total. The van der Waals surface area contributed by atoms with Crippen molar-refractivity contribution in [1.82, 2.24) is 14.1 Å². The van der Waals surface area contributed by atoms with Crippen LogP contribution >= 0.6 is 0 Å². The van der Waals surface area contributed by atoms with Gasteiger partial charge in [0.2, 0.25) is 0 Å². The van der Waals surface area contributed by atoms with Gasteiger partial charge in [0, 0.05) is 60.6 Å². The number of benzene rings is 9. The summed E-state index contributed by atoms with van der Waals surface area (Å²) in [5.74, 6) is 1.77. The van der Waals surface area contributed by atoms with Crippen LogP contribution < -0.4 is 9.30 Å². The number of imidazole rings is 1. The van der Waals surface area contributed by atoms with Gasteiger partial charge in [0.05, 0.1) is 23.6 Å². The normalized spacial score (nSPS) is 13.0. The Labute approximate surface area is 432 Å². The molecule has 1 aliphatic rings. The topological polar surface area (TPSA) is 49.0 Å². The standard InChI is InChI=1S/C64H42N4O2.Pt/c1-64(2,3)42-33-34-65-60(36-42)68-55-24-11-9-21-48(55)49-30-28-45(38-58(49)68)69-44-18-13-17-43(37-44)66-39-67-57-35-41(40-15-5-4-6-16-40)27-29-54(57)61-51(31-32-53-50-22-10-12-26-59(50)70-63(53)61)46-19-7-8-20-47(46)52-23-14-25-56(66)62(52)67;/h4-36H,1-3H3;/q-2;/i4D,5D,6D,15D,16D;. The molecular formula is C64H42N4O2Pt-2. The predicted octanol–water partition coefficient (Wildman–Crippen LogP) is 15.8. The Bertz CT molecular complexity index is 4560. The maximum atomic E-state index is 9.06. The minimum Gasteiger partial charge on any atom is -0.510 e. The summed E-state index contributed by atoms with van der Waals surface area (Å²) in [6.45, 7) is 6.60. The number of para-hydroxylation sites is 3. The number of fused-ring (bicyclic) bond motifs is 14. The molecule has 13 aromatic rings. The van der Waals surface area contributed by atoms with Crippen molar-refractivity contribution in [1.29, 1.82) is 0 Å². The van der Waals surface area contributed by atoms with Crippen LogP contribution in [0.15, 0.2) is 205 Å². The maximum absolute atomic E-state index is 9.06. The van der Waals surface area contributed by atoms with E-state index in [0.29, 0.717) is 34.0 Å². The van der Waals surface area contributed by atoms with Crippen molar-refractivity contribution in [2.75, 3.05) is 0 Å². The smallest absolute Gasteiger partial charge is 0.268 e. The van der Waals surface area contributed by atoms with E-state index in [-0.39, 0.29) is 44.1 Å². The van der Waals surface area contributed by atoms with Crippen LogP contribution in [0.5, 0.6) is 11.5 Å². The SMILES string of the molecule is [2H]c1c([2H])c([2H])c(-c2ccc3c(c2)-[n+]2[c-]n(-c4[c-]c(Oc5[c-]c6c(cc5)c5ccccc5n6-c5cc(C(C)(C)C)ccn5)ccc4)c4cccc(c42)-c2ccccc2-c2ccc4c(oc5ccccc54)c2-3)c([2H])c1[2H].[Pt]. The molecule has 0 N–H and O–H groups in total. The van der Waals surface area contributed by atoms with E-state index in [0.717, 1.165) is 88.4 Å². The second-order valence-electron chi connectivity index (χ2n) is 18.8. The zero-order valence-electron chi connectivity index (χ0n) is 43.6. The molecule has 71 heavy (non-hydrogen) atoms. The minimum atomic E-state index is -0.450. The quantitative estimate of drug-likeness (QED) is 0.127. The van der Waals surface area contributed by atoms with E-state index in [1.807, 2.05) is 106 Å². The third-order valence-corrected chi connectivity index (χ3v) is 13.6. The first-order chi connectivity index (χ1) is 36.4. The van der Waals surface area contributed by atoms with Crippen LogP contribution in [0.1, 0.15) is 33.2 Å². The van der Waals surface area contributed by atoms with E-state index in [4.69, 9.17) is 21.0 Å². The molecule has 14 rings (SSSR count). The molecule has 0 saturated carbocycles. The molecular weight excluding hydrogens is 1050 g/mol. The molecule has 7 heteroatoms. The summed E-state index contributed by atoms with van der Waals surface area (Å²) < 4.78 is 63.5. The molecule has 9 aromatic carbocycles. The van der Waals surface area contributed by atoms with Crippen molar-refractivity contribution in [3.63, 3.8) is 0 Å². The van der Waals surface area contributed by atoms with Gasteiger partial charge in [0.1, 0.15) is 17.0 Å². The Morgan fingerprint density at radius 3 is 2.18 bits per heavy atom. The molecule has 4 aromatic heterocycles.